The van der Waals surface area contributed by atoms with E-state index in [4.69, 9.17) is 11.6 Å². The number of Topliss-reactive ketones (excluding diaryl/α,β-unsaturated/α-hetero) is 1. The molecule has 0 unspecified atom stereocenters. The summed E-state index contributed by atoms with van der Waals surface area (Å²) in [6, 6.07) is 7.23. The van der Waals surface area contributed by atoms with Crippen molar-refractivity contribution < 1.29 is 4.79 Å². The summed E-state index contributed by atoms with van der Waals surface area (Å²) in [5.74, 6) is -0.0982. The minimum Gasteiger partial charge on any atom is -0.294 e. The van der Waals surface area contributed by atoms with Gasteiger partial charge < -0.3 is 0 Å². The van der Waals surface area contributed by atoms with Crippen LogP contribution in [0.25, 0.3) is 11.0 Å². The van der Waals surface area contributed by atoms with Crippen molar-refractivity contribution in [1.29, 1.82) is 0 Å². The largest absolute Gasteiger partial charge is 0.330 e. The van der Waals surface area contributed by atoms with E-state index in [0.717, 1.165) is 5.56 Å². The number of nitrogens with one attached hydrogen (secondary N) is 1. The Labute approximate surface area is 159 Å². The first-order valence-electron chi connectivity index (χ1n) is 8.82. The van der Waals surface area contributed by atoms with E-state index >= 15 is 0 Å². The first-order chi connectivity index (χ1) is 12.9. The van der Waals surface area contributed by atoms with Gasteiger partial charge in [0.05, 0.1) is 5.39 Å². The third-order valence-electron chi connectivity index (χ3n) is 5.10. The molecule has 0 amide bonds. The molecule has 7 heteroatoms. The topological polar surface area (TPSA) is 84.8 Å². The van der Waals surface area contributed by atoms with E-state index in [9.17, 15) is 14.4 Å². The predicted molar refractivity (Wildman–Crippen MR) is 104 cm³/mol. The zero-order valence-electron chi connectivity index (χ0n) is 15.0. The quantitative estimate of drug-likeness (QED) is 0.736. The van der Waals surface area contributed by atoms with E-state index in [1.807, 2.05) is 26.0 Å². The fraction of sp³-hybridized carbons (Fsp3) is 0.300. The summed E-state index contributed by atoms with van der Waals surface area (Å²) in [5, 5.41) is 0.959. The number of nitrogens with zero attached hydrogens (tertiary/aromatic N) is 2. The minimum absolute atomic E-state index is 0.0488. The van der Waals surface area contributed by atoms with Crippen LogP contribution in [0.4, 0.5) is 0 Å². The number of fused-ring (bicyclic) bond motifs is 3. The second-order valence-electron chi connectivity index (χ2n) is 7.15. The summed E-state index contributed by atoms with van der Waals surface area (Å²) in [5.41, 5.74) is 1.45. The molecule has 0 saturated heterocycles. The molecule has 2 aromatic heterocycles. The van der Waals surface area contributed by atoms with Gasteiger partial charge >= 0.3 is 5.69 Å². The SMILES string of the molecule is CC(C)n1c(=O)[nH]c(=O)c2c3c(cnc21)C(=O)C[C@@H](c1ccc(Cl)cc1)C3. The van der Waals surface area contributed by atoms with Crippen LogP contribution < -0.4 is 11.2 Å². The van der Waals surface area contributed by atoms with Gasteiger partial charge in [-0.25, -0.2) is 9.78 Å². The Balaban J connectivity index is 1.95. The molecule has 0 bridgehead atoms. The van der Waals surface area contributed by atoms with Crippen molar-refractivity contribution in [3.63, 3.8) is 0 Å². The maximum Gasteiger partial charge on any atom is 0.330 e. The molecule has 1 aliphatic carbocycles. The van der Waals surface area contributed by atoms with Gasteiger partial charge in [0.15, 0.2) is 5.78 Å². The second-order valence-corrected chi connectivity index (χ2v) is 7.59. The molecule has 0 fully saturated rings. The highest BCUT2D eigenvalue weighted by Crippen LogP contribution is 2.35. The standard InChI is InChI=1S/C20H18ClN3O3/c1-10(2)24-18-17(19(26)23-20(24)27)14-7-12(8-16(25)15(14)9-22-18)11-3-5-13(21)6-4-11/h3-6,9-10,12H,7-8H2,1-2H3,(H,23,26,27)/t12-/m0/s1. The zero-order valence-corrected chi connectivity index (χ0v) is 15.7. The molecular weight excluding hydrogens is 366 g/mol. The molecule has 0 aliphatic heterocycles. The van der Waals surface area contributed by atoms with Crippen molar-refractivity contribution in [2.75, 3.05) is 0 Å². The Morgan fingerprint density at radius 1 is 1.15 bits per heavy atom. The third kappa shape index (κ3) is 2.90. The van der Waals surface area contributed by atoms with Gasteiger partial charge in [-0.3, -0.25) is 19.1 Å². The van der Waals surface area contributed by atoms with Crippen molar-refractivity contribution >= 4 is 28.4 Å². The van der Waals surface area contributed by atoms with E-state index in [2.05, 4.69) is 9.97 Å². The lowest BCUT2D eigenvalue weighted by atomic mass is 9.79. The number of ketones is 1. The molecule has 27 heavy (non-hydrogen) atoms. The van der Waals surface area contributed by atoms with Gasteiger partial charge in [-0.2, -0.15) is 0 Å². The molecule has 1 N–H and O–H groups in total. The molecule has 3 aromatic rings. The van der Waals surface area contributed by atoms with Crippen LogP contribution in [0.2, 0.25) is 5.02 Å². The number of hydrogen-bond donors (Lipinski definition) is 1. The zero-order chi connectivity index (χ0) is 19.3. The van der Waals surface area contributed by atoms with Gasteiger partial charge in [0.1, 0.15) is 5.65 Å². The smallest absolute Gasteiger partial charge is 0.294 e. The summed E-state index contributed by atoms with van der Waals surface area (Å²) < 4.78 is 1.45. The molecule has 0 radical (unpaired) electrons. The highest BCUT2D eigenvalue weighted by atomic mass is 35.5. The molecule has 1 aromatic carbocycles. The maximum atomic E-state index is 12.7. The molecule has 6 nitrogen and oxygen atoms in total. The summed E-state index contributed by atoms with van der Waals surface area (Å²) in [4.78, 5) is 44.2. The van der Waals surface area contributed by atoms with Crippen LogP contribution in [0.15, 0.2) is 40.1 Å². The Morgan fingerprint density at radius 2 is 1.85 bits per heavy atom. The lowest BCUT2D eigenvalue weighted by Gasteiger charge is -2.25. The second kappa shape index (κ2) is 6.46. The van der Waals surface area contributed by atoms with E-state index < -0.39 is 11.2 Å². The summed E-state index contributed by atoms with van der Waals surface area (Å²) in [6.07, 6.45) is 2.38. The number of aromatic amines is 1. The summed E-state index contributed by atoms with van der Waals surface area (Å²) in [6.45, 7) is 3.70. The van der Waals surface area contributed by atoms with Gasteiger partial charge in [0, 0.05) is 29.2 Å². The van der Waals surface area contributed by atoms with Crippen LogP contribution in [0, 0.1) is 0 Å². The number of rotatable bonds is 2. The van der Waals surface area contributed by atoms with Gasteiger partial charge in [-0.15, -0.1) is 0 Å². The fourth-order valence-electron chi connectivity index (χ4n) is 3.83. The highest BCUT2D eigenvalue weighted by molar-refractivity contribution is 6.30. The molecule has 0 spiro atoms. The molecule has 0 saturated carbocycles. The number of H-pyrrole nitrogens is 1. The average molecular weight is 384 g/mol. The number of carbonyl (C=O) groups is 1. The van der Waals surface area contributed by atoms with Crippen LogP contribution >= 0.6 is 11.6 Å². The Hall–Kier alpha value is -2.73. The molecule has 1 aliphatic rings. The van der Waals surface area contributed by atoms with Gasteiger partial charge in [0.2, 0.25) is 0 Å². The molecule has 2 heterocycles. The van der Waals surface area contributed by atoms with E-state index in [1.54, 1.807) is 12.1 Å². The van der Waals surface area contributed by atoms with Crippen LogP contribution in [-0.2, 0) is 6.42 Å². The first-order valence-corrected chi connectivity index (χ1v) is 9.19. The number of hydrogen-bond acceptors (Lipinski definition) is 4. The maximum absolute atomic E-state index is 12.7. The molecular formula is C20H18ClN3O3. The lowest BCUT2D eigenvalue weighted by Crippen LogP contribution is -2.33. The van der Waals surface area contributed by atoms with E-state index in [1.165, 1.54) is 10.8 Å². The first kappa shape index (κ1) is 17.7. The number of carbonyl (C=O) groups excluding carboxylic acids is 1. The summed E-state index contributed by atoms with van der Waals surface area (Å²) >= 11 is 5.97. The highest BCUT2D eigenvalue weighted by Gasteiger charge is 2.30. The van der Waals surface area contributed by atoms with Crippen molar-refractivity contribution in [1.82, 2.24) is 14.5 Å². The number of pyridine rings is 1. The van der Waals surface area contributed by atoms with Crippen molar-refractivity contribution in [2.45, 2.75) is 38.6 Å². The Bertz CT molecular complexity index is 1180. The number of halogens is 1. The third-order valence-corrected chi connectivity index (χ3v) is 5.35. The molecule has 138 valence electrons. The van der Waals surface area contributed by atoms with Crippen LogP contribution in [-0.4, -0.2) is 20.3 Å². The van der Waals surface area contributed by atoms with Gasteiger partial charge in [0.25, 0.3) is 5.56 Å². The van der Waals surface area contributed by atoms with Crippen molar-refractivity contribution in [2.24, 2.45) is 0 Å². The Morgan fingerprint density at radius 3 is 2.52 bits per heavy atom. The van der Waals surface area contributed by atoms with Gasteiger partial charge in [-0.05, 0) is 49.4 Å². The van der Waals surface area contributed by atoms with Crippen molar-refractivity contribution in [3.8, 4) is 0 Å². The number of benzene rings is 1. The van der Waals surface area contributed by atoms with Crippen LogP contribution in [0.5, 0.6) is 0 Å². The number of aromatic nitrogens is 3. The fourth-order valence-corrected chi connectivity index (χ4v) is 3.96. The lowest BCUT2D eigenvalue weighted by molar-refractivity contribution is 0.0964. The van der Waals surface area contributed by atoms with Crippen LogP contribution in [0.1, 0.15) is 53.7 Å². The normalized spacial score (nSPS) is 16.7. The van der Waals surface area contributed by atoms with E-state index in [-0.39, 0.29) is 17.7 Å². The molecule has 1 atom stereocenters. The van der Waals surface area contributed by atoms with Gasteiger partial charge in [-0.1, -0.05) is 23.7 Å². The average Bonchev–Trinajstić information content (AvgIpc) is 2.61. The predicted octanol–water partition coefficient (Wildman–Crippen LogP) is 3.23. The van der Waals surface area contributed by atoms with Crippen molar-refractivity contribution in [3.05, 3.63) is 73.0 Å². The minimum atomic E-state index is -0.499. The monoisotopic (exact) mass is 383 g/mol. The Kier molecular flexibility index (Phi) is 4.23. The molecule has 4 rings (SSSR count). The summed E-state index contributed by atoms with van der Waals surface area (Å²) in [7, 11) is 0. The van der Waals surface area contributed by atoms with Crippen LogP contribution in [0.3, 0.4) is 0 Å². The van der Waals surface area contributed by atoms with E-state index in [0.29, 0.717) is 40.0 Å².